The first kappa shape index (κ1) is 19.1. The molecule has 1 atom stereocenters. The molecule has 150 valence electrons. The summed E-state index contributed by atoms with van der Waals surface area (Å²) in [6.45, 7) is 3.12. The number of aromatic nitrogens is 3. The van der Waals surface area contributed by atoms with Crippen molar-refractivity contribution in [3.8, 4) is 11.3 Å². The van der Waals surface area contributed by atoms with E-state index in [4.69, 9.17) is 16.3 Å². The Morgan fingerprint density at radius 2 is 1.87 bits per heavy atom. The zero-order valence-electron chi connectivity index (χ0n) is 16.4. The molecule has 0 spiro atoms. The van der Waals surface area contributed by atoms with Crippen molar-refractivity contribution in [1.82, 2.24) is 19.9 Å². The van der Waals surface area contributed by atoms with E-state index in [-0.39, 0.29) is 6.10 Å². The lowest BCUT2D eigenvalue weighted by Gasteiger charge is -2.33. The van der Waals surface area contributed by atoms with E-state index in [0.29, 0.717) is 11.6 Å². The van der Waals surface area contributed by atoms with E-state index < -0.39 is 0 Å². The van der Waals surface area contributed by atoms with Gasteiger partial charge in [-0.2, -0.15) is 0 Å². The smallest absolute Gasteiger partial charge is 0.114 e. The zero-order valence-corrected chi connectivity index (χ0v) is 17.2. The zero-order chi connectivity index (χ0) is 20.3. The summed E-state index contributed by atoms with van der Waals surface area (Å²) in [4.78, 5) is 16.1. The van der Waals surface area contributed by atoms with Gasteiger partial charge in [-0.25, -0.2) is 0 Å². The van der Waals surface area contributed by atoms with Crippen LogP contribution in [0.5, 0.6) is 0 Å². The Kier molecular flexibility index (Phi) is 5.41. The molecular formula is C24H21ClN4O. The van der Waals surface area contributed by atoms with E-state index in [2.05, 4.69) is 44.1 Å². The van der Waals surface area contributed by atoms with Gasteiger partial charge in [0.15, 0.2) is 0 Å². The SMILES string of the molecule is Clc1cccc(-c2nccnc2[C@H]2CN(Cc3cccc4ncccc34)CCO2)c1. The molecule has 2 aromatic heterocycles. The Balaban J connectivity index is 1.41. The molecule has 0 aliphatic carbocycles. The Labute approximate surface area is 180 Å². The second-order valence-electron chi connectivity index (χ2n) is 7.38. The fourth-order valence-corrected chi connectivity index (χ4v) is 4.19. The first-order chi connectivity index (χ1) is 14.8. The highest BCUT2D eigenvalue weighted by Crippen LogP contribution is 2.31. The molecule has 3 heterocycles. The van der Waals surface area contributed by atoms with Gasteiger partial charge in [-0.15, -0.1) is 0 Å². The number of rotatable bonds is 4. The summed E-state index contributed by atoms with van der Waals surface area (Å²) >= 11 is 6.20. The average Bonchev–Trinajstić information content (AvgIpc) is 2.80. The molecule has 6 heteroatoms. The standard InChI is InChI=1S/C24H21ClN4O/c25-19-6-1-4-17(14-19)23-24(28-11-10-27-23)22-16-29(12-13-30-22)15-18-5-2-8-21-20(18)7-3-9-26-21/h1-11,14,22H,12-13,15-16H2/t22-/m1/s1. The lowest BCUT2D eigenvalue weighted by molar-refractivity contribution is -0.0347. The highest BCUT2D eigenvalue weighted by molar-refractivity contribution is 6.30. The van der Waals surface area contributed by atoms with Crippen LogP contribution in [0.1, 0.15) is 17.4 Å². The number of morpholine rings is 1. The molecule has 0 unspecified atom stereocenters. The normalized spacial score (nSPS) is 17.3. The lowest BCUT2D eigenvalue weighted by Crippen LogP contribution is -2.38. The van der Waals surface area contributed by atoms with Crippen LogP contribution in [-0.2, 0) is 11.3 Å². The molecule has 30 heavy (non-hydrogen) atoms. The van der Waals surface area contributed by atoms with Crippen LogP contribution in [0.3, 0.4) is 0 Å². The third-order valence-electron chi connectivity index (χ3n) is 5.41. The monoisotopic (exact) mass is 416 g/mol. The largest absolute Gasteiger partial charge is 0.369 e. The number of benzene rings is 2. The first-order valence-electron chi connectivity index (χ1n) is 10.0. The van der Waals surface area contributed by atoms with Gasteiger partial charge in [0, 0.05) is 54.2 Å². The molecule has 0 bridgehead atoms. The minimum atomic E-state index is -0.144. The fraction of sp³-hybridized carbons (Fsp3) is 0.208. The van der Waals surface area contributed by atoms with Crippen molar-refractivity contribution in [2.75, 3.05) is 19.7 Å². The molecule has 5 rings (SSSR count). The van der Waals surface area contributed by atoms with Gasteiger partial charge < -0.3 is 4.74 Å². The van der Waals surface area contributed by atoms with E-state index in [9.17, 15) is 0 Å². The van der Waals surface area contributed by atoms with Gasteiger partial charge in [-0.3, -0.25) is 19.9 Å². The number of hydrogen-bond acceptors (Lipinski definition) is 5. The van der Waals surface area contributed by atoms with Gasteiger partial charge >= 0.3 is 0 Å². The van der Waals surface area contributed by atoms with Crippen LogP contribution in [0.15, 0.2) is 73.2 Å². The summed E-state index contributed by atoms with van der Waals surface area (Å²) in [6.07, 6.45) is 5.13. The number of ether oxygens (including phenoxy) is 1. The van der Waals surface area contributed by atoms with Crippen LogP contribution >= 0.6 is 11.6 Å². The third-order valence-corrected chi connectivity index (χ3v) is 5.65. The predicted octanol–water partition coefficient (Wildman–Crippen LogP) is 4.92. The summed E-state index contributed by atoms with van der Waals surface area (Å²) < 4.78 is 6.12. The molecule has 4 aromatic rings. The van der Waals surface area contributed by atoms with Gasteiger partial charge in [-0.05, 0) is 29.8 Å². The van der Waals surface area contributed by atoms with E-state index >= 15 is 0 Å². The highest BCUT2D eigenvalue weighted by atomic mass is 35.5. The highest BCUT2D eigenvalue weighted by Gasteiger charge is 2.26. The first-order valence-corrected chi connectivity index (χ1v) is 10.4. The van der Waals surface area contributed by atoms with E-state index in [1.807, 2.05) is 36.5 Å². The molecule has 1 aliphatic heterocycles. The number of hydrogen-bond donors (Lipinski definition) is 0. The van der Waals surface area contributed by atoms with Gasteiger partial charge in [0.1, 0.15) is 6.10 Å². The maximum atomic E-state index is 6.20. The van der Waals surface area contributed by atoms with Crippen molar-refractivity contribution < 1.29 is 4.74 Å². The van der Waals surface area contributed by atoms with Gasteiger partial charge in [-0.1, -0.05) is 41.9 Å². The van der Waals surface area contributed by atoms with Crippen LogP contribution in [-0.4, -0.2) is 39.5 Å². The van der Waals surface area contributed by atoms with Gasteiger partial charge in [0.05, 0.1) is 23.5 Å². The third kappa shape index (κ3) is 3.92. The number of halogens is 1. The van der Waals surface area contributed by atoms with Crippen LogP contribution in [0.25, 0.3) is 22.2 Å². The van der Waals surface area contributed by atoms with Crippen LogP contribution in [0.2, 0.25) is 5.02 Å². The van der Waals surface area contributed by atoms with E-state index in [1.165, 1.54) is 10.9 Å². The molecule has 0 saturated carbocycles. The summed E-state index contributed by atoms with van der Waals surface area (Å²) in [5, 5.41) is 1.88. The van der Waals surface area contributed by atoms with Crippen molar-refractivity contribution >= 4 is 22.5 Å². The van der Waals surface area contributed by atoms with E-state index in [0.717, 1.165) is 42.1 Å². The molecule has 5 nitrogen and oxygen atoms in total. The summed E-state index contributed by atoms with van der Waals surface area (Å²) in [6, 6.07) is 18.1. The minimum absolute atomic E-state index is 0.144. The maximum absolute atomic E-state index is 6.20. The number of fused-ring (bicyclic) bond motifs is 1. The minimum Gasteiger partial charge on any atom is -0.369 e. The van der Waals surface area contributed by atoms with Crippen LogP contribution < -0.4 is 0 Å². The van der Waals surface area contributed by atoms with E-state index in [1.54, 1.807) is 12.4 Å². The van der Waals surface area contributed by atoms with Crippen molar-refractivity contribution in [3.63, 3.8) is 0 Å². The topological polar surface area (TPSA) is 51.1 Å². The van der Waals surface area contributed by atoms with Gasteiger partial charge in [0.25, 0.3) is 0 Å². The Morgan fingerprint density at radius 1 is 0.967 bits per heavy atom. The number of pyridine rings is 1. The summed E-state index contributed by atoms with van der Waals surface area (Å²) in [5.41, 5.74) is 4.92. The van der Waals surface area contributed by atoms with Crippen LogP contribution in [0.4, 0.5) is 0 Å². The van der Waals surface area contributed by atoms with Crippen LogP contribution in [0, 0.1) is 0 Å². The molecule has 1 aliphatic rings. The number of nitrogens with zero attached hydrogens (tertiary/aromatic N) is 4. The molecule has 0 radical (unpaired) electrons. The molecular weight excluding hydrogens is 396 g/mol. The molecule has 0 N–H and O–H groups in total. The van der Waals surface area contributed by atoms with Crippen molar-refractivity contribution in [1.29, 1.82) is 0 Å². The quantitative estimate of drug-likeness (QED) is 0.472. The molecule has 1 saturated heterocycles. The van der Waals surface area contributed by atoms with Gasteiger partial charge in [0.2, 0.25) is 0 Å². The van der Waals surface area contributed by atoms with Crippen molar-refractivity contribution in [3.05, 3.63) is 89.5 Å². The Morgan fingerprint density at radius 3 is 2.80 bits per heavy atom. The predicted molar refractivity (Wildman–Crippen MR) is 118 cm³/mol. The summed E-state index contributed by atoms with van der Waals surface area (Å²) in [7, 11) is 0. The van der Waals surface area contributed by atoms with Crippen molar-refractivity contribution in [2.45, 2.75) is 12.6 Å². The summed E-state index contributed by atoms with van der Waals surface area (Å²) in [5.74, 6) is 0. The molecule has 2 aromatic carbocycles. The molecule has 1 fully saturated rings. The Hall–Kier alpha value is -2.86. The second kappa shape index (κ2) is 8.48. The lowest BCUT2D eigenvalue weighted by atomic mass is 10.0. The average molecular weight is 417 g/mol. The Bertz CT molecular complexity index is 1180. The second-order valence-corrected chi connectivity index (χ2v) is 7.82. The maximum Gasteiger partial charge on any atom is 0.114 e. The van der Waals surface area contributed by atoms with Crippen molar-refractivity contribution in [2.24, 2.45) is 0 Å². The molecule has 0 amide bonds. The fourth-order valence-electron chi connectivity index (χ4n) is 4.00.